The molecule has 1 aliphatic rings. The number of hydrogen-bond acceptors (Lipinski definition) is 2. The Kier molecular flexibility index (Phi) is 4.71. The van der Waals surface area contributed by atoms with Crippen molar-refractivity contribution in [3.63, 3.8) is 0 Å². The summed E-state index contributed by atoms with van der Waals surface area (Å²) in [6.07, 6.45) is -3.29. The third kappa shape index (κ3) is 3.96. The van der Waals surface area contributed by atoms with Gasteiger partial charge in [-0.25, -0.2) is 4.39 Å². The molecule has 0 spiro atoms. The highest BCUT2D eigenvalue weighted by atomic mass is 19.4. The minimum Gasteiger partial charge on any atom is -0.406 e. The number of halogens is 4. The molecule has 0 aromatic heterocycles. The summed E-state index contributed by atoms with van der Waals surface area (Å²) in [5, 5.41) is 3.40. The first-order chi connectivity index (χ1) is 13.4. The standard InChI is InChI=1S/C22H17F4NO/c23-16-6-1-4-14(12-16)18-8-3-9-21-19(18)10-11-20(27-21)15-5-2-7-17(13-15)28-22(24,25)26/h1-9,12-13,20,27H,10-11H2. The van der Waals surface area contributed by atoms with E-state index in [2.05, 4.69) is 10.1 Å². The van der Waals surface area contributed by atoms with Gasteiger partial charge >= 0.3 is 6.36 Å². The van der Waals surface area contributed by atoms with Gasteiger partial charge < -0.3 is 10.1 Å². The molecule has 0 fully saturated rings. The molecule has 1 unspecified atom stereocenters. The molecular weight excluding hydrogens is 370 g/mol. The highest BCUT2D eigenvalue weighted by Crippen LogP contribution is 2.39. The van der Waals surface area contributed by atoms with Gasteiger partial charge in [0.1, 0.15) is 11.6 Å². The number of alkyl halides is 3. The number of rotatable bonds is 3. The zero-order valence-electron chi connectivity index (χ0n) is 14.8. The van der Waals surface area contributed by atoms with Crippen molar-refractivity contribution in [1.29, 1.82) is 0 Å². The van der Waals surface area contributed by atoms with E-state index >= 15 is 0 Å². The van der Waals surface area contributed by atoms with E-state index in [1.807, 2.05) is 24.3 Å². The van der Waals surface area contributed by atoms with Gasteiger partial charge in [-0.2, -0.15) is 0 Å². The summed E-state index contributed by atoms with van der Waals surface area (Å²) in [5.41, 5.74) is 4.46. The van der Waals surface area contributed by atoms with Crippen molar-refractivity contribution in [3.05, 3.63) is 83.7 Å². The summed E-state index contributed by atoms with van der Waals surface area (Å²) in [6.45, 7) is 0. The zero-order chi connectivity index (χ0) is 19.7. The number of hydrogen-bond donors (Lipinski definition) is 1. The first-order valence-electron chi connectivity index (χ1n) is 8.89. The Balaban J connectivity index is 1.61. The molecule has 0 bridgehead atoms. The molecule has 0 aliphatic carbocycles. The smallest absolute Gasteiger partial charge is 0.406 e. The molecule has 0 radical (unpaired) electrons. The second-order valence-electron chi connectivity index (χ2n) is 6.70. The van der Waals surface area contributed by atoms with E-state index in [1.54, 1.807) is 18.2 Å². The third-order valence-corrected chi connectivity index (χ3v) is 4.82. The molecule has 3 aromatic rings. The van der Waals surface area contributed by atoms with Crippen LogP contribution in [-0.4, -0.2) is 6.36 Å². The molecule has 3 aromatic carbocycles. The van der Waals surface area contributed by atoms with Gasteiger partial charge in [0.25, 0.3) is 0 Å². The molecule has 1 heterocycles. The molecule has 1 aliphatic heterocycles. The lowest BCUT2D eigenvalue weighted by atomic mass is 9.88. The molecule has 0 amide bonds. The summed E-state index contributed by atoms with van der Waals surface area (Å²) in [4.78, 5) is 0. The lowest BCUT2D eigenvalue weighted by molar-refractivity contribution is -0.274. The fourth-order valence-electron chi connectivity index (χ4n) is 3.64. The van der Waals surface area contributed by atoms with Crippen LogP contribution in [0.3, 0.4) is 0 Å². The van der Waals surface area contributed by atoms with E-state index in [1.165, 1.54) is 24.3 Å². The van der Waals surface area contributed by atoms with Gasteiger partial charge in [-0.15, -0.1) is 13.2 Å². The fraction of sp³-hybridized carbons (Fsp3) is 0.182. The minimum absolute atomic E-state index is 0.132. The van der Waals surface area contributed by atoms with Crippen molar-refractivity contribution in [2.45, 2.75) is 25.2 Å². The number of anilines is 1. The van der Waals surface area contributed by atoms with E-state index in [-0.39, 0.29) is 17.6 Å². The van der Waals surface area contributed by atoms with Crippen molar-refractivity contribution < 1.29 is 22.3 Å². The lowest BCUT2D eigenvalue weighted by Gasteiger charge is -2.29. The maximum atomic E-state index is 13.6. The Hall–Kier alpha value is -3.02. The van der Waals surface area contributed by atoms with Crippen LogP contribution in [0.5, 0.6) is 5.75 Å². The Morgan fingerprint density at radius 2 is 1.71 bits per heavy atom. The molecular formula is C22H17F4NO. The summed E-state index contributed by atoms with van der Waals surface area (Å²) >= 11 is 0. The van der Waals surface area contributed by atoms with Crippen molar-refractivity contribution in [1.82, 2.24) is 0 Å². The Labute approximate surface area is 159 Å². The molecule has 4 rings (SSSR count). The highest BCUT2D eigenvalue weighted by molar-refractivity contribution is 5.75. The number of ether oxygens (including phenoxy) is 1. The van der Waals surface area contributed by atoms with Gasteiger partial charge in [0.05, 0.1) is 6.04 Å². The van der Waals surface area contributed by atoms with Crippen molar-refractivity contribution in [2.24, 2.45) is 0 Å². The lowest BCUT2D eigenvalue weighted by Crippen LogP contribution is -2.20. The van der Waals surface area contributed by atoms with Crippen molar-refractivity contribution in [2.75, 3.05) is 5.32 Å². The van der Waals surface area contributed by atoms with Crippen LogP contribution in [0.1, 0.15) is 23.6 Å². The number of fused-ring (bicyclic) bond motifs is 1. The Morgan fingerprint density at radius 3 is 2.50 bits per heavy atom. The van der Waals surface area contributed by atoms with Crippen LogP contribution in [0.4, 0.5) is 23.2 Å². The zero-order valence-corrected chi connectivity index (χ0v) is 14.8. The average molecular weight is 387 g/mol. The van der Waals surface area contributed by atoms with Crippen molar-refractivity contribution >= 4 is 5.69 Å². The maximum Gasteiger partial charge on any atom is 0.573 e. The number of nitrogens with one attached hydrogen (secondary N) is 1. The first-order valence-corrected chi connectivity index (χ1v) is 8.89. The van der Waals surface area contributed by atoms with Crippen LogP contribution >= 0.6 is 0 Å². The normalized spacial score (nSPS) is 16.2. The highest BCUT2D eigenvalue weighted by Gasteiger charge is 2.31. The monoisotopic (exact) mass is 387 g/mol. The van der Waals surface area contributed by atoms with Gasteiger partial charge in [0, 0.05) is 5.69 Å². The van der Waals surface area contributed by atoms with E-state index < -0.39 is 6.36 Å². The van der Waals surface area contributed by atoms with E-state index in [0.717, 1.165) is 34.4 Å². The van der Waals surface area contributed by atoms with Crippen LogP contribution in [0.2, 0.25) is 0 Å². The van der Waals surface area contributed by atoms with Crippen LogP contribution < -0.4 is 10.1 Å². The second-order valence-corrected chi connectivity index (χ2v) is 6.70. The van der Waals surface area contributed by atoms with Crippen molar-refractivity contribution in [3.8, 4) is 16.9 Å². The van der Waals surface area contributed by atoms with Gasteiger partial charge in [0.2, 0.25) is 0 Å². The van der Waals surface area contributed by atoms with Crippen LogP contribution in [0.25, 0.3) is 11.1 Å². The summed E-state index contributed by atoms with van der Waals surface area (Å²) in [7, 11) is 0. The predicted molar refractivity (Wildman–Crippen MR) is 99.6 cm³/mol. The molecule has 6 heteroatoms. The molecule has 28 heavy (non-hydrogen) atoms. The largest absolute Gasteiger partial charge is 0.573 e. The van der Waals surface area contributed by atoms with E-state index in [4.69, 9.17) is 0 Å². The summed E-state index contributed by atoms with van der Waals surface area (Å²) < 4.78 is 55.1. The maximum absolute atomic E-state index is 13.6. The Bertz CT molecular complexity index is 1000. The quantitative estimate of drug-likeness (QED) is 0.519. The van der Waals surface area contributed by atoms with Gasteiger partial charge in [-0.1, -0.05) is 36.4 Å². The second kappa shape index (κ2) is 7.19. The van der Waals surface area contributed by atoms with Gasteiger partial charge in [-0.05, 0) is 65.4 Å². The minimum atomic E-state index is -4.72. The summed E-state index contributed by atoms with van der Waals surface area (Å²) in [6, 6.07) is 18.1. The van der Waals surface area contributed by atoms with Gasteiger partial charge in [-0.3, -0.25) is 0 Å². The van der Waals surface area contributed by atoms with E-state index in [0.29, 0.717) is 6.42 Å². The SMILES string of the molecule is Fc1cccc(-c2cccc3c2CCC(c2cccc(OC(F)(F)F)c2)N3)c1. The van der Waals surface area contributed by atoms with Crippen LogP contribution in [-0.2, 0) is 6.42 Å². The summed E-state index contributed by atoms with van der Waals surface area (Å²) in [5.74, 6) is -0.524. The molecule has 0 saturated carbocycles. The Morgan fingerprint density at radius 1 is 0.929 bits per heavy atom. The molecule has 144 valence electrons. The number of benzene rings is 3. The predicted octanol–water partition coefficient (Wildman–Crippen LogP) is 6.49. The third-order valence-electron chi connectivity index (χ3n) is 4.82. The molecule has 2 nitrogen and oxygen atoms in total. The first kappa shape index (κ1) is 18.3. The van der Waals surface area contributed by atoms with Crippen LogP contribution in [0.15, 0.2) is 66.7 Å². The fourth-order valence-corrected chi connectivity index (χ4v) is 3.64. The topological polar surface area (TPSA) is 21.3 Å². The molecule has 0 saturated heterocycles. The van der Waals surface area contributed by atoms with Gasteiger partial charge in [0.15, 0.2) is 0 Å². The average Bonchev–Trinajstić information content (AvgIpc) is 2.66. The molecule has 1 N–H and O–H groups in total. The molecule has 1 atom stereocenters. The van der Waals surface area contributed by atoms with E-state index in [9.17, 15) is 17.6 Å². The van der Waals surface area contributed by atoms with Crippen LogP contribution in [0, 0.1) is 5.82 Å².